The van der Waals surface area contributed by atoms with Gasteiger partial charge in [0.1, 0.15) is 0 Å². The van der Waals surface area contributed by atoms with E-state index in [0.29, 0.717) is 11.5 Å². The Kier molecular flexibility index (Phi) is 2.42. The van der Waals surface area contributed by atoms with Crippen LogP contribution in [0, 0.1) is 5.41 Å². The molecule has 0 radical (unpaired) electrons. The van der Waals surface area contributed by atoms with Crippen LogP contribution in [-0.4, -0.2) is 26.2 Å². The average Bonchev–Trinajstić information content (AvgIpc) is 2.95. The molecule has 16 heavy (non-hydrogen) atoms. The molecule has 0 saturated heterocycles. The Bertz CT molecular complexity index is 364. The molecule has 1 N–H and O–H groups in total. The minimum absolute atomic E-state index is 0.434. The van der Waals surface area contributed by atoms with Gasteiger partial charge in [-0.15, -0.1) is 5.10 Å². The first-order chi connectivity index (χ1) is 7.75. The summed E-state index contributed by atoms with van der Waals surface area (Å²) in [5.74, 6) is 0.986. The lowest BCUT2D eigenvalue weighted by molar-refractivity contribution is 0.123. The maximum absolute atomic E-state index is 4.10. The van der Waals surface area contributed by atoms with E-state index < -0.39 is 0 Å². The minimum atomic E-state index is 0.434. The van der Waals surface area contributed by atoms with Gasteiger partial charge in [0.25, 0.3) is 0 Å². The zero-order chi connectivity index (χ0) is 11.0. The molecular weight excluding hydrogens is 202 g/mol. The highest BCUT2D eigenvalue weighted by Gasteiger charge is 2.33. The van der Waals surface area contributed by atoms with Crippen LogP contribution < -0.4 is 5.32 Å². The number of tetrazole rings is 1. The van der Waals surface area contributed by atoms with Crippen molar-refractivity contribution in [3.05, 3.63) is 5.82 Å². The number of aromatic nitrogens is 4. The van der Waals surface area contributed by atoms with E-state index in [0.717, 1.165) is 18.9 Å². The van der Waals surface area contributed by atoms with E-state index in [9.17, 15) is 0 Å². The van der Waals surface area contributed by atoms with Gasteiger partial charge in [0.05, 0.1) is 13.1 Å². The van der Waals surface area contributed by atoms with Crippen LogP contribution in [0.4, 0.5) is 0 Å². The van der Waals surface area contributed by atoms with Crippen molar-refractivity contribution in [2.45, 2.75) is 58.2 Å². The maximum Gasteiger partial charge on any atom is 0.165 e. The van der Waals surface area contributed by atoms with Crippen molar-refractivity contribution in [1.82, 2.24) is 25.5 Å². The van der Waals surface area contributed by atoms with Crippen LogP contribution in [0.2, 0.25) is 0 Å². The van der Waals surface area contributed by atoms with Crippen molar-refractivity contribution in [2.24, 2.45) is 5.41 Å². The third-order valence-electron chi connectivity index (χ3n) is 3.82. The molecule has 1 aromatic heterocycles. The third kappa shape index (κ3) is 2.09. The highest BCUT2D eigenvalue weighted by molar-refractivity contribution is 4.90. The SMILES string of the molecule is CC1(Cn2nnnc2CNC2CC2)CCC1. The van der Waals surface area contributed by atoms with E-state index in [1.807, 2.05) is 4.68 Å². The van der Waals surface area contributed by atoms with Gasteiger partial charge in [-0.2, -0.15) is 0 Å². The van der Waals surface area contributed by atoms with Gasteiger partial charge in [0.15, 0.2) is 5.82 Å². The van der Waals surface area contributed by atoms with Crippen LogP contribution in [0.5, 0.6) is 0 Å². The summed E-state index contributed by atoms with van der Waals surface area (Å²) < 4.78 is 1.98. The average molecular weight is 221 g/mol. The fourth-order valence-corrected chi connectivity index (χ4v) is 2.30. The molecule has 5 nitrogen and oxygen atoms in total. The van der Waals surface area contributed by atoms with Crippen molar-refractivity contribution in [3.8, 4) is 0 Å². The van der Waals surface area contributed by atoms with E-state index >= 15 is 0 Å². The van der Waals surface area contributed by atoms with Crippen LogP contribution in [0.3, 0.4) is 0 Å². The smallest absolute Gasteiger partial charge is 0.165 e. The lowest BCUT2D eigenvalue weighted by atomic mass is 9.70. The van der Waals surface area contributed by atoms with Crippen molar-refractivity contribution >= 4 is 0 Å². The Labute approximate surface area is 95.6 Å². The maximum atomic E-state index is 4.10. The second-order valence-electron chi connectivity index (χ2n) is 5.57. The molecule has 0 unspecified atom stereocenters. The number of rotatable bonds is 5. The van der Waals surface area contributed by atoms with Crippen LogP contribution in [0.25, 0.3) is 0 Å². The molecule has 0 bridgehead atoms. The molecule has 88 valence electrons. The molecule has 2 fully saturated rings. The predicted octanol–water partition coefficient (Wildman–Crippen LogP) is 1.12. The van der Waals surface area contributed by atoms with E-state index in [1.165, 1.54) is 32.1 Å². The highest BCUT2D eigenvalue weighted by atomic mass is 15.5. The van der Waals surface area contributed by atoms with Crippen molar-refractivity contribution < 1.29 is 0 Å². The molecule has 0 amide bonds. The normalized spacial score (nSPS) is 23.1. The first kappa shape index (κ1) is 10.2. The molecule has 5 heteroatoms. The Balaban J connectivity index is 1.61. The lowest BCUT2D eigenvalue weighted by Gasteiger charge is -2.38. The van der Waals surface area contributed by atoms with E-state index in [4.69, 9.17) is 0 Å². The molecule has 2 aliphatic carbocycles. The summed E-state index contributed by atoms with van der Waals surface area (Å²) >= 11 is 0. The zero-order valence-electron chi connectivity index (χ0n) is 9.82. The third-order valence-corrected chi connectivity index (χ3v) is 3.82. The molecule has 2 saturated carbocycles. The molecule has 0 aliphatic heterocycles. The quantitative estimate of drug-likeness (QED) is 0.809. The van der Waals surface area contributed by atoms with Crippen molar-refractivity contribution in [1.29, 1.82) is 0 Å². The van der Waals surface area contributed by atoms with Crippen LogP contribution in [-0.2, 0) is 13.1 Å². The van der Waals surface area contributed by atoms with Gasteiger partial charge in [0, 0.05) is 6.04 Å². The van der Waals surface area contributed by atoms with E-state index in [1.54, 1.807) is 0 Å². The minimum Gasteiger partial charge on any atom is -0.307 e. The lowest BCUT2D eigenvalue weighted by Crippen LogP contribution is -2.32. The Morgan fingerprint density at radius 3 is 2.88 bits per heavy atom. The Hall–Kier alpha value is -0.970. The second kappa shape index (κ2) is 3.80. The fourth-order valence-electron chi connectivity index (χ4n) is 2.30. The summed E-state index contributed by atoms with van der Waals surface area (Å²) in [5.41, 5.74) is 0.434. The molecule has 1 aromatic rings. The van der Waals surface area contributed by atoms with E-state index in [-0.39, 0.29) is 0 Å². The number of nitrogens with one attached hydrogen (secondary N) is 1. The van der Waals surface area contributed by atoms with Crippen molar-refractivity contribution in [2.75, 3.05) is 0 Å². The van der Waals surface area contributed by atoms with Crippen LogP contribution in [0.1, 0.15) is 44.9 Å². The number of nitrogens with zero attached hydrogens (tertiary/aromatic N) is 4. The van der Waals surface area contributed by atoms with Crippen LogP contribution >= 0.6 is 0 Å². The first-order valence-corrected chi connectivity index (χ1v) is 6.24. The summed E-state index contributed by atoms with van der Waals surface area (Å²) in [7, 11) is 0. The molecular formula is C11H19N5. The standard InChI is InChI=1S/C11H19N5/c1-11(5-2-6-11)8-16-10(13-14-15-16)7-12-9-3-4-9/h9,12H,2-8H2,1H3. The van der Waals surface area contributed by atoms with Crippen molar-refractivity contribution in [3.63, 3.8) is 0 Å². The summed E-state index contributed by atoms with van der Waals surface area (Å²) in [5, 5.41) is 15.4. The molecule has 2 aliphatic rings. The highest BCUT2D eigenvalue weighted by Crippen LogP contribution is 2.41. The number of hydrogen-bond donors (Lipinski definition) is 1. The molecule has 1 heterocycles. The van der Waals surface area contributed by atoms with Gasteiger partial charge in [-0.3, -0.25) is 0 Å². The topological polar surface area (TPSA) is 55.6 Å². The van der Waals surface area contributed by atoms with Gasteiger partial charge in [0.2, 0.25) is 0 Å². The molecule has 0 atom stereocenters. The predicted molar refractivity (Wildman–Crippen MR) is 59.6 cm³/mol. The zero-order valence-corrected chi connectivity index (χ0v) is 9.82. The monoisotopic (exact) mass is 221 g/mol. The van der Waals surface area contributed by atoms with Crippen LogP contribution in [0.15, 0.2) is 0 Å². The first-order valence-electron chi connectivity index (χ1n) is 6.24. The van der Waals surface area contributed by atoms with Gasteiger partial charge in [-0.05, 0) is 41.5 Å². The van der Waals surface area contributed by atoms with E-state index in [2.05, 4.69) is 27.8 Å². The Morgan fingerprint density at radius 2 is 2.25 bits per heavy atom. The van der Waals surface area contributed by atoms with Gasteiger partial charge >= 0.3 is 0 Å². The summed E-state index contributed by atoms with van der Waals surface area (Å²) in [6.45, 7) is 4.12. The Morgan fingerprint density at radius 1 is 1.44 bits per heavy atom. The van der Waals surface area contributed by atoms with Gasteiger partial charge in [-0.25, -0.2) is 4.68 Å². The largest absolute Gasteiger partial charge is 0.307 e. The second-order valence-corrected chi connectivity index (χ2v) is 5.57. The molecule has 3 rings (SSSR count). The van der Waals surface area contributed by atoms with Gasteiger partial charge < -0.3 is 5.32 Å². The van der Waals surface area contributed by atoms with Gasteiger partial charge in [-0.1, -0.05) is 13.3 Å². The molecule has 0 aromatic carbocycles. The molecule has 0 spiro atoms. The summed E-state index contributed by atoms with van der Waals surface area (Å²) in [6.07, 6.45) is 6.58. The fraction of sp³-hybridized carbons (Fsp3) is 0.909. The number of hydrogen-bond acceptors (Lipinski definition) is 4. The summed E-state index contributed by atoms with van der Waals surface area (Å²) in [4.78, 5) is 0. The summed E-state index contributed by atoms with van der Waals surface area (Å²) in [6, 6.07) is 0.712.